The quantitative estimate of drug-likeness (QED) is 0.461. The van der Waals surface area contributed by atoms with Gasteiger partial charge in [-0.1, -0.05) is 36.4 Å². The summed E-state index contributed by atoms with van der Waals surface area (Å²) in [4.78, 5) is 7.09. The minimum absolute atomic E-state index is 0.127. The first kappa shape index (κ1) is 20.0. The largest absolute Gasteiger partial charge is 0.491 e. The van der Waals surface area contributed by atoms with Gasteiger partial charge in [0.15, 0.2) is 5.96 Å². The minimum atomic E-state index is 0.127. The van der Waals surface area contributed by atoms with Crippen LogP contribution in [0.2, 0.25) is 0 Å². The van der Waals surface area contributed by atoms with E-state index in [1.807, 2.05) is 24.3 Å². The van der Waals surface area contributed by atoms with E-state index < -0.39 is 0 Å². The van der Waals surface area contributed by atoms with Crippen LogP contribution in [-0.4, -0.2) is 69.1 Å². The number of rotatable bonds is 6. The predicted molar refractivity (Wildman–Crippen MR) is 116 cm³/mol. The Labute approximate surface area is 172 Å². The van der Waals surface area contributed by atoms with E-state index in [0.29, 0.717) is 19.8 Å². The summed E-state index contributed by atoms with van der Waals surface area (Å²) in [7, 11) is 0. The Morgan fingerprint density at radius 1 is 1.14 bits per heavy atom. The average Bonchev–Trinajstić information content (AvgIpc) is 3.31. The summed E-state index contributed by atoms with van der Waals surface area (Å²) in [6, 6.07) is 14.4. The molecule has 6 heteroatoms. The van der Waals surface area contributed by atoms with Gasteiger partial charge < -0.3 is 24.4 Å². The van der Waals surface area contributed by atoms with Gasteiger partial charge in [0, 0.05) is 31.6 Å². The van der Waals surface area contributed by atoms with Crippen molar-refractivity contribution in [3.63, 3.8) is 0 Å². The van der Waals surface area contributed by atoms with Crippen molar-refractivity contribution in [1.82, 2.24) is 10.2 Å². The average molecular weight is 398 g/mol. The lowest BCUT2D eigenvalue weighted by Crippen LogP contribution is -2.53. The number of aliphatic imine (C=N–C) groups is 1. The first-order chi connectivity index (χ1) is 14.3. The molecule has 4 rings (SSSR count). The van der Waals surface area contributed by atoms with Gasteiger partial charge in [-0.05, 0) is 31.2 Å². The second kappa shape index (κ2) is 9.94. The van der Waals surface area contributed by atoms with Crippen molar-refractivity contribution in [1.29, 1.82) is 0 Å². The summed E-state index contributed by atoms with van der Waals surface area (Å²) in [6.07, 6.45) is 2.56. The number of ether oxygens (including phenoxy) is 3. The van der Waals surface area contributed by atoms with Crippen LogP contribution >= 0.6 is 0 Å². The van der Waals surface area contributed by atoms with E-state index in [9.17, 15) is 0 Å². The number of hydrogen-bond donors (Lipinski definition) is 1. The van der Waals surface area contributed by atoms with Gasteiger partial charge in [0.05, 0.1) is 19.3 Å². The van der Waals surface area contributed by atoms with Gasteiger partial charge in [0.25, 0.3) is 0 Å². The molecular formula is C23H31N3O3. The van der Waals surface area contributed by atoms with Crippen LogP contribution in [0.4, 0.5) is 0 Å². The first-order valence-corrected chi connectivity index (χ1v) is 10.7. The van der Waals surface area contributed by atoms with Crippen LogP contribution in [0, 0.1) is 0 Å². The second-order valence-electron chi connectivity index (χ2n) is 7.47. The third-order valence-corrected chi connectivity index (χ3v) is 5.47. The molecule has 2 unspecified atom stereocenters. The summed E-state index contributed by atoms with van der Waals surface area (Å²) in [5.74, 6) is 1.84. The van der Waals surface area contributed by atoms with Gasteiger partial charge in [-0.3, -0.25) is 0 Å². The monoisotopic (exact) mass is 397 g/mol. The van der Waals surface area contributed by atoms with E-state index in [1.165, 1.54) is 5.39 Å². The van der Waals surface area contributed by atoms with Crippen LogP contribution in [0.15, 0.2) is 47.5 Å². The molecule has 2 fully saturated rings. The van der Waals surface area contributed by atoms with Crippen molar-refractivity contribution in [3.05, 3.63) is 42.5 Å². The van der Waals surface area contributed by atoms with Gasteiger partial charge in [-0.15, -0.1) is 0 Å². The molecule has 6 nitrogen and oxygen atoms in total. The number of benzene rings is 2. The van der Waals surface area contributed by atoms with E-state index in [1.54, 1.807) is 0 Å². The Hall–Kier alpha value is -2.31. The van der Waals surface area contributed by atoms with Gasteiger partial charge in [0.2, 0.25) is 0 Å². The number of nitrogens with one attached hydrogen (secondary N) is 1. The summed E-state index contributed by atoms with van der Waals surface area (Å²) in [6.45, 7) is 7.31. The molecule has 2 aromatic rings. The molecule has 2 saturated heterocycles. The topological polar surface area (TPSA) is 55.3 Å². The fourth-order valence-electron chi connectivity index (χ4n) is 4.04. The van der Waals surface area contributed by atoms with E-state index >= 15 is 0 Å². The highest BCUT2D eigenvalue weighted by atomic mass is 16.5. The lowest BCUT2D eigenvalue weighted by molar-refractivity contribution is -0.0817. The smallest absolute Gasteiger partial charge is 0.194 e. The summed E-state index contributed by atoms with van der Waals surface area (Å²) in [5, 5.41) is 5.74. The predicted octanol–water partition coefficient (Wildman–Crippen LogP) is 3.06. The Morgan fingerprint density at radius 3 is 2.86 bits per heavy atom. The molecule has 0 saturated carbocycles. The molecular weight excluding hydrogens is 366 g/mol. The highest BCUT2D eigenvalue weighted by Crippen LogP contribution is 2.25. The van der Waals surface area contributed by atoms with Gasteiger partial charge in [-0.2, -0.15) is 0 Å². The van der Waals surface area contributed by atoms with E-state index in [0.717, 1.165) is 56.2 Å². The molecule has 0 amide bonds. The lowest BCUT2D eigenvalue weighted by Gasteiger charge is -2.37. The fourth-order valence-corrected chi connectivity index (χ4v) is 4.04. The molecule has 156 valence electrons. The SMILES string of the molecule is CCNC(=NCCOc1cccc2ccccc12)N1CCOC(C2CCCO2)C1. The number of morpholine rings is 1. The first-order valence-electron chi connectivity index (χ1n) is 10.7. The summed E-state index contributed by atoms with van der Waals surface area (Å²) in [5.41, 5.74) is 0. The molecule has 0 aliphatic carbocycles. The zero-order valence-electron chi connectivity index (χ0n) is 17.2. The number of guanidine groups is 1. The second-order valence-corrected chi connectivity index (χ2v) is 7.47. The van der Waals surface area contributed by atoms with Crippen molar-refractivity contribution in [3.8, 4) is 5.75 Å². The molecule has 2 aromatic carbocycles. The maximum absolute atomic E-state index is 6.04. The van der Waals surface area contributed by atoms with Gasteiger partial charge >= 0.3 is 0 Å². The molecule has 2 aliphatic rings. The summed E-state index contributed by atoms with van der Waals surface area (Å²) >= 11 is 0. The van der Waals surface area contributed by atoms with E-state index in [-0.39, 0.29) is 12.2 Å². The maximum atomic E-state index is 6.04. The summed E-state index contributed by atoms with van der Waals surface area (Å²) < 4.78 is 17.8. The van der Waals surface area contributed by atoms with Gasteiger partial charge in [0.1, 0.15) is 18.5 Å². The molecule has 0 spiro atoms. The van der Waals surface area contributed by atoms with Crippen LogP contribution in [0.5, 0.6) is 5.75 Å². The van der Waals surface area contributed by atoms with Crippen LogP contribution < -0.4 is 10.1 Å². The normalized spacial score (nSPS) is 22.8. The minimum Gasteiger partial charge on any atom is -0.491 e. The Balaban J connectivity index is 1.35. The van der Waals surface area contributed by atoms with Crippen LogP contribution in [0.3, 0.4) is 0 Å². The highest BCUT2D eigenvalue weighted by Gasteiger charge is 2.32. The van der Waals surface area contributed by atoms with Crippen molar-refractivity contribution in [2.24, 2.45) is 4.99 Å². The standard InChI is InChI=1S/C23H31N3O3/c1-2-24-23(26-13-16-29-22(17-26)21-11-6-14-27-21)25-12-15-28-20-10-5-8-18-7-3-4-9-19(18)20/h3-5,7-10,21-22H,2,6,11-17H2,1H3,(H,24,25). The highest BCUT2D eigenvalue weighted by molar-refractivity contribution is 5.88. The number of nitrogens with zero attached hydrogens (tertiary/aromatic N) is 2. The third-order valence-electron chi connectivity index (χ3n) is 5.47. The third kappa shape index (κ3) is 5.00. The molecule has 29 heavy (non-hydrogen) atoms. The zero-order valence-corrected chi connectivity index (χ0v) is 17.2. The van der Waals surface area contributed by atoms with E-state index in [4.69, 9.17) is 19.2 Å². The molecule has 0 bridgehead atoms. The van der Waals surface area contributed by atoms with Crippen molar-refractivity contribution in [2.45, 2.75) is 32.0 Å². The van der Waals surface area contributed by atoms with Crippen molar-refractivity contribution < 1.29 is 14.2 Å². The Bertz CT molecular complexity index is 815. The molecule has 1 N–H and O–H groups in total. The lowest BCUT2D eigenvalue weighted by atomic mass is 10.1. The van der Waals surface area contributed by atoms with E-state index in [2.05, 4.69) is 35.3 Å². The van der Waals surface area contributed by atoms with Crippen LogP contribution in [0.1, 0.15) is 19.8 Å². The van der Waals surface area contributed by atoms with Crippen molar-refractivity contribution in [2.75, 3.05) is 46.0 Å². The molecule has 2 heterocycles. The number of fused-ring (bicyclic) bond motifs is 1. The molecule has 2 atom stereocenters. The molecule has 2 aliphatic heterocycles. The Morgan fingerprint density at radius 2 is 2.00 bits per heavy atom. The van der Waals surface area contributed by atoms with Crippen LogP contribution in [-0.2, 0) is 9.47 Å². The molecule has 0 radical (unpaired) electrons. The zero-order chi connectivity index (χ0) is 19.9. The number of hydrogen-bond acceptors (Lipinski definition) is 4. The van der Waals surface area contributed by atoms with Crippen molar-refractivity contribution >= 4 is 16.7 Å². The Kier molecular flexibility index (Phi) is 6.85. The maximum Gasteiger partial charge on any atom is 0.194 e. The van der Waals surface area contributed by atoms with Crippen LogP contribution in [0.25, 0.3) is 10.8 Å². The van der Waals surface area contributed by atoms with Gasteiger partial charge in [-0.25, -0.2) is 4.99 Å². The molecule has 0 aromatic heterocycles. The fraction of sp³-hybridized carbons (Fsp3) is 0.522.